The van der Waals surface area contributed by atoms with Crippen LogP contribution >= 0.6 is 0 Å². The Hall–Kier alpha value is -4.09. The van der Waals surface area contributed by atoms with E-state index >= 15 is 4.39 Å². The summed E-state index contributed by atoms with van der Waals surface area (Å²) in [5.41, 5.74) is 4.66. The van der Waals surface area contributed by atoms with Crippen LogP contribution in [-0.4, -0.2) is 47.3 Å². The lowest BCUT2D eigenvalue weighted by atomic mass is 10.1. The van der Waals surface area contributed by atoms with E-state index in [0.717, 1.165) is 16.8 Å². The van der Waals surface area contributed by atoms with Gasteiger partial charge in [0.2, 0.25) is 5.43 Å². The summed E-state index contributed by atoms with van der Waals surface area (Å²) in [6.45, 7) is 5.46. The van der Waals surface area contributed by atoms with Crippen molar-refractivity contribution in [3.8, 4) is 5.82 Å². The van der Waals surface area contributed by atoms with Gasteiger partial charge >= 0.3 is 11.9 Å². The number of carbonyl (C=O) groups is 2. The van der Waals surface area contributed by atoms with E-state index in [1.165, 1.54) is 6.92 Å². The van der Waals surface area contributed by atoms with Crippen LogP contribution in [0.25, 0.3) is 16.7 Å². The summed E-state index contributed by atoms with van der Waals surface area (Å²) in [5, 5.41) is -0.374. The molecule has 1 saturated heterocycles. The van der Waals surface area contributed by atoms with Gasteiger partial charge in [0, 0.05) is 18.3 Å². The Morgan fingerprint density at radius 1 is 1.14 bits per heavy atom. The zero-order valence-electron chi connectivity index (χ0n) is 19.7. The van der Waals surface area contributed by atoms with E-state index in [-0.39, 0.29) is 60.1 Å². The van der Waals surface area contributed by atoms with Crippen LogP contribution in [0.4, 0.5) is 24.7 Å². The molecule has 36 heavy (non-hydrogen) atoms. The Balaban J connectivity index is 1.77. The van der Waals surface area contributed by atoms with E-state index < -0.39 is 40.2 Å². The van der Waals surface area contributed by atoms with Gasteiger partial charge in [0.15, 0.2) is 23.3 Å². The number of nitrogen functional groups attached to an aromatic ring is 1. The topological polar surface area (TPSA) is 117 Å². The number of hydrogen-bond acceptors (Lipinski definition) is 8. The number of nitrogens with zero attached hydrogens (tertiary/aromatic N) is 3. The van der Waals surface area contributed by atoms with Crippen molar-refractivity contribution < 1.29 is 32.2 Å². The summed E-state index contributed by atoms with van der Waals surface area (Å²) in [6, 6.07) is 2.42. The lowest BCUT2D eigenvalue weighted by Crippen LogP contribution is -2.53. The summed E-state index contributed by atoms with van der Waals surface area (Å²) < 4.78 is 54.5. The maximum atomic E-state index is 15.3. The maximum Gasteiger partial charge on any atom is 0.343 e. The van der Waals surface area contributed by atoms with E-state index in [4.69, 9.17) is 15.2 Å². The normalized spacial score (nSPS) is 13.7. The number of pyridine rings is 2. The Kier molecular flexibility index (Phi) is 6.61. The van der Waals surface area contributed by atoms with Crippen molar-refractivity contribution in [2.75, 3.05) is 30.3 Å². The van der Waals surface area contributed by atoms with Crippen molar-refractivity contribution >= 4 is 34.3 Å². The number of fused-ring (bicyclic) bond motifs is 1. The molecule has 12 heteroatoms. The van der Waals surface area contributed by atoms with Crippen molar-refractivity contribution in [1.82, 2.24) is 9.55 Å². The molecule has 0 unspecified atom stereocenters. The summed E-state index contributed by atoms with van der Waals surface area (Å²) in [7, 11) is 0. The third-order valence-corrected chi connectivity index (χ3v) is 5.68. The number of carbonyl (C=O) groups excluding carboxylic acids is 2. The Morgan fingerprint density at radius 2 is 1.81 bits per heavy atom. The van der Waals surface area contributed by atoms with Crippen LogP contribution in [0.1, 0.15) is 31.1 Å². The molecule has 0 spiro atoms. The van der Waals surface area contributed by atoms with E-state index in [9.17, 15) is 23.2 Å². The van der Waals surface area contributed by atoms with Crippen molar-refractivity contribution in [1.29, 1.82) is 0 Å². The Morgan fingerprint density at radius 3 is 2.44 bits per heavy atom. The molecule has 1 aromatic carbocycles. The van der Waals surface area contributed by atoms with Gasteiger partial charge in [-0.15, -0.1) is 0 Å². The number of benzene rings is 1. The van der Waals surface area contributed by atoms with Crippen molar-refractivity contribution in [3.05, 3.63) is 57.6 Å². The fourth-order valence-electron chi connectivity index (χ4n) is 3.76. The molecule has 1 aliphatic rings. The molecule has 1 fully saturated rings. The highest BCUT2D eigenvalue weighted by Gasteiger charge is 2.33. The molecule has 2 N–H and O–H groups in total. The third-order valence-electron chi connectivity index (χ3n) is 5.68. The van der Waals surface area contributed by atoms with Crippen LogP contribution in [0.15, 0.2) is 29.2 Å². The Bertz CT molecular complexity index is 1430. The summed E-state index contributed by atoms with van der Waals surface area (Å²) in [6.07, 6.45) is 0.574. The lowest BCUT2D eigenvalue weighted by Gasteiger charge is -2.40. The highest BCUT2D eigenvalue weighted by atomic mass is 19.2. The number of nitrogens with two attached hydrogens (primary N) is 1. The van der Waals surface area contributed by atoms with Gasteiger partial charge < -0.3 is 20.1 Å². The van der Waals surface area contributed by atoms with E-state index in [1.807, 2.05) is 0 Å². The summed E-state index contributed by atoms with van der Waals surface area (Å²) in [5.74, 6) is -5.71. The second-order valence-corrected chi connectivity index (χ2v) is 8.56. The van der Waals surface area contributed by atoms with Crippen molar-refractivity contribution in [3.63, 3.8) is 0 Å². The number of aromatic nitrogens is 2. The van der Waals surface area contributed by atoms with Gasteiger partial charge in [-0.25, -0.2) is 22.9 Å². The van der Waals surface area contributed by atoms with Crippen LogP contribution in [0.3, 0.4) is 0 Å². The highest BCUT2D eigenvalue weighted by molar-refractivity contribution is 5.94. The fraction of sp³-hybridized carbons (Fsp3) is 0.333. The molecule has 0 radical (unpaired) electrons. The number of esters is 2. The predicted octanol–water partition coefficient (Wildman–Crippen LogP) is 2.95. The molecule has 0 bridgehead atoms. The van der Waals surface area contributed by atoms with E-state index in [1.54, 1.807) is 18.7 Å². The summed E-state index contributed by atoms with van der Waals surface area (Å²) >= 11 is 0. The molecule has 0 atom stereocenters. The highest BCUT2D eigenvalue weighted by Crippen LogP contribution is 2.31. The Labute approximate surface area is 203 Å². The molecule has 2 aromatic heterocycles. The molecule has 0 aliphatic carbocycles. The number of hydrogen-bond donors (Lipinski definition) is 1. The maximum absolute atomic E-state index is 15.3. The van der Waals surface area contributed by atoms with E-state index in [0.29, 0.717) is 12.1 Å². The molecule has 0 saturated carbocycles. The van der Waals surface area contributed by atoms with Crippen LogP contribution in [0.2, 0.25) is 0 Å². The minimum Gasteiger partial charge on any atom is -0.462 e. The van der Waals surface area contributed by atoms with Crippen molar-refractivity contribution in [2.45, 2.75) is 26.9 Å². The quantitative estimate of drug-likeness (QED) is 0.510. The minimum absolute atomic E-state index is 0.0499. The van der Waals surface area contributed by atoms with Crippen molar-refractivity contribution in [2.24, 2.45) is 5.92 Å². The molecule has 9 nitrogen and oxygen atoms in total. The first-order valence-corrected chi connectivity index (χ1v) is 11.1. The molecule has 1 aliphatic heterocycles. The number of halogens is 3. The smallest absolute Gasteiger partial charge is 0.343 e. The number of anilines is 2. The van der Waals surface area contributed by atoms with Gasteiger partial charge in [-0.2, -0.15) is 0 Å². The number of rotatable bonds is 6. The van der Waals surface area contributed by atoms with Gasteiger partial charge in [0.1, 0.15) is 17.5 Å². The first kappa shape index (κ1) is 25.0. The molecule has 4 rings (SSSR count). The molecule has 0 amide bonds. The SMILES string of the molecule is CCOC(=O)c1cn(-c2nc(N)c(N3CC(OC(=O)C(C)C)C3)cc2F)c2cc(F)c(F)cc2c1=O. The van der Waals surface area contributed by atoms with Crippen LogP contribution in [-0.2, 0) is 14.3 Å². The molecule has 3 heterocycles. The van der Waals surface area contributed by atoms with Gasteiger partial charge in [-0.1, -0.05) is 13.8 Å². The molecular weight excluding hydrogens is 481 g/mol. The first-order valence-electron chi connectivity index (χ1n) is 11.1. The average molecular weight is 504 g/mol. The number of ether oxygens (including phenoxy) is 2. The first-order chi connectivity index (χ1) is 17.0. The molecule has 3 aromatic rings. The fourth-order valence-corrected chi connectivity index (χ4v) is 3.76. The third kappa shape index (κ3) is 4.45. The largest absolute Gasteiger partial charge is 0.462 e. The zero-order chi connectivity index (χ0) is 26.3. The molecular formula is C24H23F3N4O5. The lowest BCUT2D eigenvalue weighted by molar-refractivity contribution is -0.153. The van der Waals surface area contributed by atoms with Crippen LogP contribution in [0, 0.1) is 23.4 Å². The zero-order valence-corrected chi connectivity index (χ0v) is 19.7. The van der Waals surface area contributed by atoms with Gasteiger partial charge in [0.05, 0.1) is 42.2 Å². The second kappa shape index (κ2) is 9.51. The second-order valence-electron chi connectivity index (χ2n) is 8.56. The van der Waals surface area contributed by atoms with Crippen LogP contribution in [0.5, 0.6) is 0 Å². The van der Waals surface area contributed by atoms with E-state index in [2.05, 4.69) is 4.98 Å². The van der Waals surface area contributed by atoms with Gasteiger partial charge in [0.25, 0.3) is 0 Å². The molecule has 190 valence electrons. The standard InChI is InChI=1S/C24H23F3N4O5/c1-4-35-24(34)14-10-31(18-6-16(26)15(25)5-13(18)20(14)32)22-17(27)7-19(21(28)29-22)30-8-12(9-30)36-23(33)11(2)3/h5-7,10-12H,4,8-9H2,1-3H3,(H2,28,29). The van der Waals surface area contributed by atoms with Gasteiger partial charge in [-0.05, 0) is 13.0 Å². The van der Waals surface area contributed by atoms with Crippen LogP contribution < -0.4 is 16.1 Å². The predicted molar refractivity (Wildman–Crippen MR) is 125 cm³/mol. The average Bonchev–Trinajstić information content (AvgIpc) is 2.79. The van der Waals surface area contributed by atoms with Gasteiger partial charge in [-0.3, -0.25) is 14.2 Å². The summed E-state index contributed by atoms with van der Waals surface area (Å²) in [4.78, 5) is 42.7. The monoisotopic (exact) mass is 504 g/mol. The minimum atomic E-state index is -1.32.